The number of hydrogen-bond acceptors (Lipinski definition) is 7. The quantitative estimate of drug-likeness (QED) is 0.698. The molecule has 1 aromatic rings. The van der Waals surface area contributed by atoms with E-state index in [-0.39, 0.29) is 5.91 Å². The number of anilines is 3. The molecule has 0 aromatic carbocycles. The van der Waals surface area contributed by atoms with E-state index < -0.39 is 11.5 Å². The molecular formula is C17H26N6O2. The number of hydrogen-bond donors (Lipinski definition) is 3. The van der Waals surface area contributed by atoms with Crippen LogP contribution in [0.15, 0.2) is 6.07 Å². The van der Waals surface area contributed by atoms with Crippen molar-refractivity contribution >= 4 is 23.5 Å². The van der Waals surface area contributed by atoms with Crippen molar-refractivity contribution in [2.75, 3.05) is 48.3 Å². The van der Waals surface area contributed by atoms with Crippen molar-refractivity contribution in [3.05, 3.63) is 6.07 Å². The molecule has 4 heterocycles. The summed E-state index contributed by atoms with van der Waals surface area (Å²) in [6, 6.07) is 1.77. The smallest absolute Gasteiger partial charge is 0.230 e. The van der Waals surface area contributed by atoms with Gasteiger partial charge in [0.25, 0.3) is 0 Å². The first-order valence-electron chi connectivity index (χ1n) is 9.19. The van der Waals surface area contributed by atoms with Gasteiger partial charge in [-0.15, -0.1) is 0 Å². The van der Waals surface area contributed by atoms with Crippen molar-refractivity contribution in [1.29, 1.82) is 0 Å². The fourth-order valence-electron chi connectivity index (χ4n) is 4.30. The van der Waals surface area contributed by atoms with Crippen LogP contribution in [0.3, 0.4) is 0 Å². The lowest BCUT2D eigenvalue weighted by atomic mass is 9.71. The topological polar surface area (TPSA) is 108 Å². The Hall–Kier alpha value is -2.09. The number of nitrogens with zero attached hydrogens (tertiary/aromatic N) is 4. The van der Waals surface area contributed by atoms with E-state index in [0.717, 1.165) is 38.2 Å². The molecule has 4 rings (SSSR count). The van der Waals surface area contributed by atoms with E-state index in [2.05, 4.69) is 20.1 Å². The molecule has 0 bridgehead atoms. The number of aliphatic hydroxyl groups is 1. The molecule has 136 valence electrons. The predicted molar refractivity (Wildman–Crippen MR) is 95.4 cm³/mol. The molecule has 25 heavy (non-hydrogen) atoms. The third-order valence-electron chi connectivity index (χ3n) is 5.75. The first-order valence-corrected chi connectivity index (χ1v) is 9.19. The Bertz CT molecular complexity index is 663. The molecule has 3 saturated heterocycles. The second-order valence-electron chi connectivity index (χ2n) is 7.39. The molecular weight excluding hydrogens is 320 g/mol. The number of carbonyl (C=O) groups excluding carboxylic acids is 1. The van der Waals surface area contributed by atoms with Crippen LogP contribution in [-0.2, 0) is 4.79 Å². The van der Waals surface area contributed by atoms with E-state index in [0.29, 0.717) is 44.2 Å². The summed E-state index contributed by atoms with van der Waals surface area (Å²) >= 11 is 0. The van der Waals surface area contributed by atoms with E-state index in [1.54, 1.807) is 6.07 Å². The van der Waals surface area contributed by atoms with Gasteiger partial charge >= 0.3 is 0 Å². The number of nitrogens with two attached hydrogens (primary N) is 1. The Kier molecular flexibility index (Phi) is 4.15. The minimum Gasteiger partial charge on any atom is -0.392 e. The zero-order valence-electron chi connectivity index (χ0n) is 14.4. The lowest BCUT2D eigenvalue weighted by Crippen LogP contribution is -2.61. The number of aliphatic hydroxyl groups excluding tert-OH is 1. The van der Waals surface area contributed by atoms with Crippen LogP contribution in [0.2, 0.25) is 0 Å². The first kappa shape index (κ1) is 16.4. The number of piperidine rings is 2. The normalized spacial score (nSPS) is 30.0. The van der Waals surface area contributed by atoms with Gasteiger partial charge in [-0.2, -0.15) is 9.97 Å². The van der Waals surface area contributed by atoms with Crippen molar-refractivity contribution in [2.24, 2.45) is 5.41 Å². The Morgan fingerprint density at radius 1 is 1.20 bits per heavy atom. The minimum atomic E-state index is -0.746. The molecule has 3 aliphatic rings. The fourth-order valence-corrected chi connectivity index (χ4v) is 4.30. The number of rotatable bonds is 2. The minimum absolute atomic E-state index is 0.0438. The second-order valence-corrected chi connectivity index (χ2v) is 7.39. The van der Waals surface area contributed by atoms with Gasteiger partial charge in [0, 0.05) is 38.8 Å². The highest BCUT2D eigenvalue weighted by Crippen LogP contribution is 2.39. The van der Waals surface area contributed by atoms with E-state index >= 15 is 0 Å². The summed E-state index contributed by atoms with van der Waals surface area (Å²) in [5, 5.41) is 13.5. The van der Waals surface area contributed by atoms with Crippen molar-refractivity contribution < 1.29 is 9.90 Å². The fraction of sp³-hybridized carbons (Fsp3) is 0.706. The van der Waals surface area contributed by atoms with E-state index in [1.807, 2.05) is 0 Å². The van der Waals surface area contributed by atoms with Crippen LogP contribution in [0.1, 0.15) is 32.1 Å². The Morgan fingerprint density at radius 3 is 2.76 bits per heavy atom. The number of nitrogens with one attached hydrogen (secondary N) is 1. The molecule has 0 radical (unpaired) electrons. The molecule has 3 aliphatic heterocycles. The number of nitrogen functional groups attached to an aromatic ring is 1. The van der Waals surface area contributed by atoms with Gasteiger partial charge in [0.1, 0.15) is 11.6 Å². The first-order chi connectivity index (χ1) is 12.1. The summed E-state index contributed by atoms with van der Waals surface area (Å²) in [6.07, 6.45) is 3.83. The third-order valence-corrected chi connectivity index (χ3v) is 5.75. The maximum atomic E-state index is 12.5. The highest BCUT2D eigenvalue weighted by atomic mass is 16.3. The molecule has 2 atom stereocenters. The van der Waals surface area contributed by atoms with Crippen LogP contribution in [-0.4, -0.2) is 59.8 Å². The summed E-state index contributed by atoms with van der Waals surface area (Å²) in [7, 11) is 0. The van der Waals surface area contributed by atoms with Crippen LogP contribution >= 0.6 is 0 Å². The highest BCUT2D eigenvalue weighted by molar-refractivity contribution is 5.85. The average molecular weight is 346 g/mol. The van der Waals surface area contributed by atoms with Gasteiger partial charge in [0.2, 0.25) is 11.9 Å². The zero-order chi connectivity index (χ0) is 17.4. The standard InChI is InChI=1S/C17H26N6O2/c18-13-10-14(21-16(20-13)22-7-1-2-8-22)23-9-4-12(24)17(11-23)5-3-6-19-15(17)25/h10,12,24H,1-9,11H2,(H,19,25)(H2,18,20,21)/t12-,17+/m0/s1. The highest BCUT2D eigenvalue weighted by Gasteiger charge is 2.50. The maximum Gasteiger partial charge on any atom is 0.230 e. The average Bonchev–Trinajstić information content (AvgIpc) is 3.14. The van der Waals surface area contributed by atoms with Gasteiger partial charge in [-0.3, -0.25) is 4.79 Å². The number of amides is 1. The van der Waals surface area contributed by atoms with E-state index in [1.165, 1.54) is 0 Å². The van der Waals surface area contributed by atoms with Crippen molar-refractivity contribution in [3.8, 4) is 0 Å². The van der Waals surface area contributed by atoms with E-state index in [9.17, 15) is 9.90 Å². The van der Waals surface area contributed by atoms with Gasteiger partial charge in [-0.1, -0.05) is 0 Å². The van der Waals surface area contributed by atoms with Crippen molar-refractivity contribution in [3.63, 3.8) is 0 Å². The van der Waals surface area contributed by atoms with Gasteiger partial charge < -0.3 is 26.0 Å². The molecule has 0 aliphatic carbocycles. The van der Waals surface area contributed by atoms with Crippen molar-refractivity contribution in [2.45, 2.75) is 38.2 Å². The second kappa shape index (κ2) is 6.33. The molecule has 8 nitrogen and oxygen atoms in total. The summed E-state index contributed by atoms with van der Waals surface area (Å²) in [6.45, 7) is 3.72. The Balaban J connectivity index is 1.62. The van der Waals surface area contributed by atoms with Crippen LogP contribution in [0, 0.1) is 5.41 Å². The summed E-state index contributed by atoms with van der Waals surface area (Å²) in [4.78, 5) is 25.9. The summed E-state index contributed by atoms with van der Waals surface area (Å²) < 4.78 is 0. The van der Waals surface area contributed by atoms with Crippen LogP contribution < -0.4 is 20.9 Å². The van der Waals surface area contributed by atoms with Gasteiger partial charge in [0.05, 0.1) is 11.5 Å². The summed E-state index contributed by atoms with van der Waals surface area (Å²) in [5.41, 5.74) is 5.28. The molecule has 1 spiro atoms. The molecule has 8 heteroatoms. The zero-order valence-corrected chi connectivity index (χ0v) is 14.4. The lowest BCUT2D eigenvalue weighted by Gasteiger charge is -2.47. The predicted octanol–water partition coefficient (Wildman–Crippen LogP) is 0.126. The van der Waals surface area contributed by atoms with Gasteiger partial charge in [-0.25, -0.2) is 0 Å². The van der Waals surface area contributed by atoms with Crippen molar-refractivity contribution in [1.82, 2.24) is 15.3 Å². The molecule has 3 fully saturated rings. The Morgan fingerprint density at radius 2 is 2.00 bits per heavy atom. The summed E-state index contributed by atoms with van der Waals surface area (Å²) in [5.74, 6) is 1.82. The SMILES string of the molecule is Nc1cc(N2CC[C@H](O)[C@@]3(CCCNC3=O)C2)nc(N2CCCC2)n1. The molecule has 0 unspecified atom stereocenters. The molecule has 4 N–H and O–H groups in total. The largest absolute Gasteiger partial charge is 0.392 e. The molecule has 1 amide bonds. The maximum absolute atomic E-state index is 12.5. The van der Waals surface area contributed by atoms with Crippen LogP contribution in [0.25, 0.3) is 0 Å². The van der Waals surface area contributed by atoms with Gasteiger partial charge in [0.15, 0.2) is 0 Å². The lowest BCUT2D eigenvalue weighted by molar-refractivity contribution is -0.142. The third kappa shape index (κ3) is 2.88. The molecule has 1 aromatic heterocycles. The van der Waals surface area contributed by atoms with E-state index in [4.69, 9.17) is 10.7 Å². The monoisotopic (exact) mass is 346 g/mol. The molecule has 0 saturated carbocycles. The van der Waals surface area contributed by atoms with Gasteiger partial charge in [-0.05, 0) is 32.1 Å². The Labute approximate surface area is 147 Å². The number of carbonyl (C=O) groups is 1. The van der Waals surface area contributed by atoms with Crippen LogP contribution in [0.4, 0.5) is 17.6 Å². The number of aromatic nitrogens is 2. The van der Waals surface area contributed by atoms with Crippen LogP contribution in [0.5, 0.6) is 0 Å².